The summed E-state index contributed by atoms with van der Waals surface area (Å²) in [4.78, 5) is 0. The molecule has 2 aromatic rings. The fraction of sp³-hybridized carbons (Fsp3) is 0.400. The van der Waals surface area contributed by atoms with E-state index in [2.05, 4.69) is 18.1 Å². The number of terminal acetylenes is 1. The molecule has 0 saturated heterocycles. The molecule has 2 unspecified atom stereocenters. The topological polar surface area (TPSA) is 57.2 Å². The van der Waals surface area contributed by atoms with Crippen LogP contribution in [0.4, 0.5) is 0 Å². The third kappa shape index (κ3) is 4.39. The van der Waals surface area contributed by atoms with Crippen molar-refractivity contribution in [1.82, 2.24) is 0 Å². The maximum atomic E-state index is 12.4. The van der Waals surface area contributed by atoms with Gasteiger partial charge in [-0.05, 0) is 44.4 Å². The molecule has 3 atom stereocenters. The van der Waals surface area contributed by atoms with Gasteiger partial charge in [-0.15, -0.1) is 12.3 Å². The molecule has 1 N–H and O–H groups in total. The lowest BCUT2D eigenvalue weighted by atomic mass is 9.73. The second-order valence-corrected chi connectivity index (χ2v) is 8.84. The Bertz CT molecular complexity index is 1130. The van der Waals surface area contributed by atoms with E-state index < -0.39 is 11.2 Å². The number of allylic oxidation sites excluding steroid dienone is 2. The van der Waals surface area contributed by atoms with Crippen LogP contribution in [0.15, 0.2) is 66.5 Å². The Morgan fingerprint density at radius 1 is 1.20 bits per heavy atom. The average Bonchev–Trinajstić information content (AvgIpc) is 3.27. The predicted octanol–water partition coefficient (Wildman–Crippen LogP) is 5.88. The van der Waals surface area contributed by atoms with Gasteiger partial charge in [0.1, 0.15) is 28.6 Å². The van der Waals surface area contributed by atoms with Gasteiger partial charge in [-0.1, -0.05) is 36.4 Å². The molecule has 0 radical (unpaired) electrons. The summed E-state index contributed by atoms with van der Waals surface area (Å²) in [6.07, 6.45) is 13.5. The molecular weight excluding hydrogens is 440 g/mol. The number of hydrogen-bond acceptors (Lipinski definition) is 5. The summed E-state index contributed by atoms with van der Waals surface area (Å²) in [6, 6.07) is 14.0. The first kappa shape index (κ1) is 24.8. The number of aliphatic hydroxyl groups is 1. The molecule has 35 heavy (non-hydrogen) atoms. The predicted molar refractivity (Wildman–Crippen MR) is 137 cm³/mol. The summed E-state index contributed by atoms with van der Waals surface area (Å²) >= 11 is 0. The van der Waals surface area contributed by atoms with Crippen molar-refractivity contribution in [1.29, 1.82) is 0 Å². The molecule has 0 spiro atoms. The van der Waals surface area contributed by atoms with E-state index in [9.17, 15) is 5.11 Å². The van der Waals surface area contributed by atoms with Gasteiger partial charge < -0.3 is 24.1 Å². The summed E-state index contributed by atoms with van der Waals surface area (Å²) < 4.78 is 24.1. The number of rotatable bonds is 10. The molecule has 5 heteroatoms. The van der Waals surface area contributed by atoms with E-state index in [1.807, 2.05) is 62.4 Å². The maximum Gasteiger partial charge on any atom is 0.152 e. The van der Waals surface area contributed by atoms with Gasteiger partial charge in [-0.2, -0.15) is 0 Å². The SMILES string of the molecule is C#CC/C=C(\C=C/CC12Oc3cc(OCC)cc(OCC)c3[C@]1(O)CCC2c1ccccc1)OC. The zero-order chi connectivity index (χ0) is 24.9. The third-order valence-electron chi connectivity index (χ3n) is 6.98. The molecule has 1 heterocycles. The molecule has 4 rings (SSSR count). The van der Waals surface area contributed by atoms with Crippen molar-refractivity contribution in [2.24, 2.45) is 0 Å². The third-order valence-corrected chi connectivity index (χ3v) is 6.98. The first-order chi connectivity index (χ1) is 17.0. The first-order valence-electron chi connectivity index (χ1n) is 12.3. The fourth-order valence-electron chi connectivity index (χ4n) is 5.55. The smallest absolute Gasteiger partial charge is 0.152 e. The van der Waals surface area contributed by atoms with Gasteiger partial charge in [-0.25, -0.2) is 0 Å². The first-order valence-corrected chi connectivity index (χ1v) is 12.3. The quantitative estimate of drug-likeness (QED) is 0.265. The van der Waals surface area contributed by atoms with Gasteiger partial charge in [0, 0.05) is 30.9 Å². The number of ether oxygens (including phenoxy) is 4. The Hall–Kier alpha value is -3.36. The second-order valence-electron chi connectivity index (χ2n) is 8.84. The molecule has 0 amide bonds. The highest BCUT2D eigenvalue weighted by Crippen LogP contribution is 2.65. The van der Waals surface area contributed by atoms with Gasteiger partial charge in [0.05, 0.1) is 25.9 Å². The summed E-state index contributed by atoms with van der Waals surface area (Å²) in [5, 5.41) is 12.4. The number of methoxy groups -OCH3 is 1. The Balaban J connectivity index is 1.82. The van der Waals surface area contributed by atoms with E-state index in [1.165, 1.54) is 0 Å². The molecule has 1 aliphatic heterocycles. The fourth-order valence-corrected chi connectivity index (χ4v) is 5.55. The number of benzene rings is 2. The summed E-state index contributed by atoms with van der Waals surface area (Å²) in [5.41, 5.74) is -0.278. The van der Waals surface area contributed by atoms with Gasteiger partial charge in [0.2, 0.25) is 0 Å². The highest BCUT2D eigenvalue weighted by Gasteiger charge is 2.67. The molecule has 2 aliphatic rings. The van der Waals surface area contributed by atoms with E-state index in [4.69, 9.17) is 25.4 Å². The van der Waals surface area contributed by atoms with E-state index in [-0.39, 0.29) is 5.92 Å². The minimum absolute atomic E-state index is 0.0172. The summed E-state index contributed by atoms with van der Waals surface area (Å²) in [7, 11) is 1.62. The molecule has 2 aromatic carbocycles. The van der Waals surface area contributed by atoms with Crippen LogP contribution < -0.4 is 14.2 Å². The average molecular weight is 475 g/mol. The molecule has 1 saturated carbocycles. The second kappa shape index (κ2) is 10.5. The Morgan fingerprint density at radius 3 is 2.66 bits per heavy atom. The van der Waals surface area contributed by atoms with Gasteiger partial charge in [-0.3, -0.25) is 0 Å². The van der Waals surface area contributed by atoms with Crippen molar-refractivity contribution in [3.63, 3.8) is 0 Å². The standard InChI is InChI=1S/C30H34O5/c1-5-8-15-23(32-4)16-12-18-30-25(22-13-10-9-11-14-22)17-19-29(30,31)28-26(34-7-3)20-24(33-6-2)21-27(28)35-30/h1,9-16,20-21,25,31H,6-8,17-19H2,2-4H3/b16-12-,23-15+/t25?,29-,30?/m1/s1. The molecule has 5 nitrogen and oxygen atoms in total. The Morgan fingerprint density at radius 2 is 1.97 bits per heavy atom. The van der Waals surface area contributed by atoms with E-state index in [1.54, 1.807) is 7.11 Å². The van der Waals surface area contributed by atoms with Crippen LogP contribution in [0.5, 0.6) is 17.2 Å². The van der Waals surface area contributed by atoms with Crippen molar-refractivity contribution < 1.29 is 24.1 Å². The van der Waals surface area contributed by atoms with Crippen LogP contribution in [0, 0.1) is 12.3 Å². The zero-order valence-corrected chi connectivity index (χ0v) is 20.8. The molecule has 1 fully saturated rings. The molecule has 1 aliphatic carbocycles. The Labute approximate surface area is 208 Å². The van der Waals surface area contributed by atoms with Gasteiger partial charge >= 0.3 is 0 Å². The van der Waals surface area contributed by atoms with Crippen LogP contribution in [0.3, 0.4) is 0 Å². The van der Waals surface area contributed by atoms with Crippen molar-refractivity contribution in [2.45, 2.75) is 56.7 Å². The van der Waals surface area contributed by atoms with Crippen LogP contribution in [0.25, 0.3) is 0 Å². The zero-order valence-electron chi connectivity index (χ0n) is 20.8. The lowest BCUT2D eigenvalue weighted by molar-refractivity contribution is -0.0986. The highest BCUT2D eigenvalue weighted by molar-refractivity contribution is 5.60. The van der Waals surface area contributed by atoms with Crippen LogP contribution in [0.1, 0.15) is 56.6 Å². The minimum Gasteiger partial charge on any atom is -0.497 e. The molecule has 0 bridgehead atoms. The summed E-state index contributed by atoms with van der Waals surface area (Å²) in [5.74, 6) is 5.16. The van der Waals surface area contributed by atoms with E-state index >= 15 is 0 Å². The van der Waals surface area contributed by atoms with Crippen LogP contribution in [-0.2, 0) is 10.3 Å². The van der Waals surface area contributed by atoms with Crippen molar-refractivity contribution in [3.8, 4) is 29.6 Å². The largest absolute Gasteiger partial charge is 0.497 e. The van der Waals surface area contributed by atoms with Crippen LogP contribution in [0.2, 0.25) is 0 Å². The lowest BCUT2D eigenvalue weighted by Crippen LogP contribution is -2.50. The minimum atomic E-state index is -1.22. The van der Waals surface area contributed by atoms with Crippen molar-refractivity contribution in [2.75, 3.05) is 20.3 Å². The van der Waals surface area contributed by atoms with Crippen molar-refractivity contribution in [3.05, 3.63) is 77.6 Å². The maximum absolute atomic E-state index is 12.4. The molecule has 184 valence electrons. The van der Waals surface area contributed by atoms with Crippen LogP contribution in [-0.4, -0.2) is 31.0 Å². The van der Waals surface area contributed by atoms with Gasteiger partial charge in [0.15, 0.2) is 5.60 Å². The lowest BCUT2D eigenvalue weighted by Gasteiger charge is -2.39. The highest BCUT2D eigenvalue weighted by atomic mass is 16.5. The van der Waals surface area contributed by atoms with E-state index in [0.29, 0.717) is 61.0 Å². The van der Waals surface area contributed by atoms with Gasteiger partial charge in [0.25, 0.3) is 0 Å². The van der Waals surface area contributed by atoms with Crippen molar-refractivity contribution >= 4 is 0 Å². The number of hydrogen-bond donors (Lipinski definition) is 1. The molecule has 0 aromatic heterocycles. The molecular formula is C30H34O5. The van der Waals surface area contributed by atoms with E-state index in [0.717, 1.165) is 12.0 Å². The normalized spacial score (nSPS) is 25.0. The number of fused-ring (bicyclic) bond motifs is 3. The van der Waals surface area contributed by atoms with Crippen LogP contribution >= 0.6 is 0 Å². The Kier molecular flexibility index (Phi) is 7.42. The monoisotopic (exact) mass is 474 g/mol. The summed E-state index contributed by atoms with van der Waals surface area (Å²) in [6.45, 7) is 4.88.